The summed E-state index contributed by atoms with van der Waals surface area (Å²) in [5, 5.41) is 5.35. The van der Waals surface area contributed by atoms with E-state index in [9.17, 15) is 13.2 Å². The number of fused-ring (bicyclic) bond motifs is 1. The molecule has 0 saturated heterocycles. The van der Waals surface area contributed by atoms with E-state index >= 15 is 0 Å². The van der Waals surface area contributed by atoms with Gasteiger partial charge in [-0.15, -0.1) is 11.3 Å². The molecule has 0 aliphatic carbocycles. The summed E-state index contributed by atoms with van der Waals surface area (Å²) < 4.78 is 25.9. The minimum atomic E-state index is -3.69. The van der Waals surface area contributed by atoms with Gasteiger partial charge in [0.05, 0.1) is 21.2 Å². The summed E-state index contributed by atoms with van der Waals surface area (Å²) in [4.78, 5) is 14.6. The van der Waals surface area contributed by atoms with Crippen LogP contribution in [0.4, 0.5) is 5.69 Å². The molecular formula is C20H13Cl2NO3S3. The number of nitrogens with one attached hydrogen (secondary N) is 1. The lowest BCUT2D eigenvalue weighted by atomic mass is 10.2. The first-order valence-corrected chi connectivity index (χ1v) is 12.5. The molecule has 0 unspecified atom stereocenters. The quantitative estimate of drug-likeness (QED) is 0.456. The van der Waals surface area contributed by atoms with E-state index in [0.717, 1.165) is 4.88 Å². The first-order chi connectivity index (χ1) is 13.8. The Balaban J connectivity index is 1.67. The van der Waals surface area contributed by atoms with Crippen molar-refractivity contribution in [1.29, 1.82) is 0 Å². The average molecular weight is 482 g/mol. The third-order valence-electron chi connectivity index (χ3n) is 4.22. The van der Waals surface area contributed by atoms with Gasteiger partial charge >= 0.3 is 0 Å². The molecule has 29 heavy (non-hydrogen) atoms. The van der Waals surface area contributed by atoms with Crippen molar-refractivity contribution in [3.8, 4) is 0 Å². The summed E-state index contributed by atoms with van der Waals surface area (Å²) in [6, 6.07) is 13.4. The van der Waals surface area contributed by atoms with Crippen LogP contribution in [0.25, 0.3) is 6.08 Å². The second kappa shape index (κ2) is 8.16. The SMILES string of the molecule is O=C1Nc2ccc(S(=O)(=O)Cc3c(Cl)cccc3Cl)cc2S/C1=C/c1cccs1. The van der Waals surface area contributed by atoms with Gasteiger partial charge in [0.1, 0.15) is 0 Å². The number of rotatable bonds is 4. The van der Waals surface area contributed by atoms with Crippen LogP contribution in [0.1, 0.15) is 10.4 Å². The zero-order valence-electron chi connectivity index (χ0n) is 14.7. The van der Waals surface area contributed by atoms with E-state index in [-0.39, 0.29) is 16.6 Å². The van der Waals surface area contributed by atoms with Crippen molar-refractivity contribution >= 4 is 73.8 Å². The summed E-state index contributed by atoms with van der Waals surface area (Å²) in [6.07, 6.45) is 1.79. The van der Waals surface area contributed by atoms with Gasteiger partial charge in [0.15, 0.2) is 9.84 Å². The maximum Gasteiger partial charge on any atom is 0.262 e. The van der Waals surface area contributed by atoms with Crippen molar-refractivity contribution in [2.24, 2.45) is 0 Å². The number of benzene rings is 2. The Hall–Kier alpha value is -1.77. The fourth-order valence-electron chi connectivity index (χ4n) is 2.77. The van der Waals surface area contributed by atoms with Crippen LogP contribution in [0, 0.1) is 0 Å². The molecule has 3 aromatic rings. The number of anilines is 1. The fraction of sp³-hybridized carbons (Fsp3) is 0.0500. The molecule has 2 heterocycles. The molecule has 4 nitrogen and oxygen atoms in total. The Morgan fingerprint density at radius 2 is 1.79 bits per heavy atom. The Morgan fingerprint density at radius 3 is 2.48 bits per heavy atom. The highest BCUT2D eigenvalue weighted by Gasteiger charge is 2.25. The van der Waals surface area contributed by atoms with Crippen LogP contribution in [0.5, 0.6) is 0 Å². The number of thioether (sulfide) groups is 1. The molecule has 0 atom stereocenters. The maximum atomic E-state index is 13.0. The molecule has 0 bridgehead atoms. The molecule has 9 heteroatoms. The van der Waals surface area contributed by atoms with Crippen LogP contribution in [0.3, 0.4) is 0 Å². The van der Waals surface area contributed by atoms with E-state index in [1.165, 1.54) is 29.2 Å². The molecule has 2 aromatic carbocycles. The minimum absolute atomic E-state index is 0.145. The molecule has 1 aliphatic heterocycles. The standard InChI is InChI=1S/C20H13Cl2NO3S3/c21-15-4-1-5-16(22)14(15)11-29(25,26)13-6-7-17-18(10-13)28-19(20(24)23-17)9-12-3-2-8-27-12/h1-10H,11H2,(H,23,24)/b19-9+. The smallest absolute Gasteiger partial charge is 0.262 e. The summed E-state index contributed by atoms with van der Waals surface area (Å²) in [6.45, 7) is 0. The Kier molecular flexibility index (Phi) is 5.77. The number of thiophene rings is 1. The average Bonchev–Trinajstić information content (AvgIpc) is 3.18. The van der Waals surface area contributed by atoms with Crippen molar-refractivity contribution < 1.29 is 13.2 Å². The molecule has 4 rings (SSSR count). The topological polar surface area (TPSA) is 63.2 Å². The van der Waals surface area contributed by atoms with Crippen LogP contribution >= 0.6 is 46.3 Å². The number of amides is 1. The Bertz CT molecular complexity index is 1220. The molecular weight excluding hydrogens is 469 g/mol. The van der Waals surface area contributed by atoms with Crippen molar-refractivity contribution in [3.63, 3.8) is 0 Å². The molecule has 1 aliphatic rings. The summed E-state index contributed by atoms with van der Waals surface area (Å²) in [5.74, 6) is -0.520. The first kappa shape index (κ1) is 20.5. The number of sulfone groups is 1. The van der Waals surface area contributed by atoms with Crippen molar-refractivity contribution in [2.45, 2.75) is 15.5 Å². The van der Waals surface area contributed by atoms with Crippen LogP contribution in [-0.2, 0) is 20.4 Å². The second-order valence-electron chi connectivity index (χ2n) is 6.20. The normalized spacial score (nSPS) is 15.2. The highest BCUT2D eigenvalue weighted by molar-refractivity contribution is 8.04. The van der Waals surface area contributed by atoms with Crippen LogP contribution in [0.15, 0.2) is 68.6 Å². The van der Waals surface area contributed by atoms with E-state index in [1.54, 1.807) is 36.4 Å². The second-order valence-corrected chi connectivity index (χ2v) is 11.1. The van der Waals surface area contributed by atoms with Gasteiger partial charge in [-0.25, -0.2) is 8.42 Å². The van der Waals surface area contributed by atoms with Gasteiger partial charge < -0.3 is 5.32 Å². The molecule has 148 valence electrons. The van der Waals surface area contributed by atoms with Gasteiger partial charge in [-0.3, -0.25) is 4.79 Å². The molecule has 1 amide bonds. The predicted molar refractivity (Wildman–Crippen MR) is 121 cm³/mol. The zero-order valence-corrected chi connectivity index (χ0v) is 18.6. The molecule has 0 fully saturated rings. The Labute approximate surface area is 186 Å². The zero-order chi connectivity index (χ0) is 20.6. The number of halogens is 2. The summed E-state index contributed by atoms with van der Waals surface area (Å²) in [5.41, 5.74) is 0.950. The van der Waals surface area contributed by atoms with E-state index in [2.05, 4.69) is 5.32 Å². The van der Waals surface area contributed by atoms with Gasteiger partial charge in [0.25, 0.3) is 5.91 Å². The van der Waals surface area contributed by atoms with E-state index in [0.29, 0.717) is 31.1 Å². The number of hydrogen-bond donors (Lipinski definition) is 1. The van der Waals surface area contributed by atoms with E-state index in [4.69, 9.17) is 23.2 Å². The fourth-order valence-corrected chi connectivity index (χ4v) is 6.68. The number of hydrogen-bond acceptors (Lipinski definition) is 5. The third-order valence-corrected chi connectivity index (χ3v) is 8.47. The molecule has 1 aromatic heterocycles. The van der Waals surface area contributed by atoms with Crippen LogP contribution < -0.4 is 5.32 Å². The lowest BCUT2D eigenvalue weighted by Gasteiger charge is -2.19. The van der Waals surface area contributed by atoms with Crippen molar-refractivity contribution in [1.82, 2.24) is 0 Å². The van der Waals surface area contributed by atoms with E-state index in [1.807, 2.05) is 17.5 Å². The molecule has 0 spiro atoms. The molecule has 1 N–H and O–H groups in total. The van der Waals surface area contributed by atoms with Gasteiger partial charge in [-0.2, -0.15) is 0 Å². The van der Waals surface area contributed by atoms with Gasteiger partial charge in [-0.1, -0.05) is 47.1 Å². The lowest BCUT2D eigenvalue weighted by molar-refractivity contribution is -0.112. The lowest BCUT2D eigenvalue weighted by Crippen LogP contribution is -2.17. The van der Waals surface area contributed by atoms with Crippen LogP contribution in [0.2, 0.25) is 10.0 Å². The number of carbonyl (C=O) groups is 1. The van der Waals surface area contributed by atoms with Gasteiger partial charge in [0.2, 0.25) is 0 Å². The highest BCUT2D eigenvalue weighted by Crippen LogP contribution is 2.41. The van der Waals surface area contributed by atoms with E-state index < -0.39 is 9.84 Å². The van der Waals surface area contributed by atoms with Crippen LogP contribution in [-0.4, -0.2) is 14.3 Å². The Morgan fingerprint density at radius 1 is 1.03 bits per heavy atom. The maximum absolute atomic E-state index is 13.0. The third kappa shape index (κ3) is 4.39. The molecule has 0 saturated carbocycles. The van der Waals surface area contributed by atoms with Gasteiger partial charge in [0, 0.05) is 25.4 Å². The highest BCUT2D eigenvalue weighted by atomic mass is 35.5. The summed E-state index contributed by atoms with van der Waals surface area (Å²) in [7, 11) is -3.69. The number of carbonyl (C=O) groups excluding carboxylic acids is 1. The largest absolute Gasteiger partial charge is 0.320 e. The first-order valence-electron chi connectivity index (χ1n) is 8.37. The molecule has 0 radical (unpaired) electrons. The summed E-state index contributed by atoms with van der Waals surface area (Å²) >= 11 is 15.0. The predicted octanol–water partition coefficient (Wildman–Crippen LogP) is 6.11. The van der Waals surface area contributed by atoms with Gasteiger partial charge in [-0.05, 0) is 47.9 Å². The monoisotopic (exact) mass is 481 g/mol. The van der Waals surface area contributed by atoms with Crippen molar-refractivity contribution in [2.75, 3.05) is 5.32 Å². The van der Waals surface area contributed by atoms with Crippen molar-refractivity contribution in [3.05, 3.63) is 79.3 Å². The minimum Gasteiger partial charge on any atom is -0.320 e.